The number of phenols is 1. The minimum atomic E-state index is -0.409. The number of halogens is 2. The Morgan fingerprint density at radius 2 is 2.00 bits per heavy atom. The Hall–Kier alpha value is -1.40. The number of aryl methyl sites for hydroxylation is 1. The third-order valence-corrected chi connectivity index (χ3v) is 3.80. The zero-order valence-corrected chi connectivity index (χ0v) is 13.1. The first-order chi connectivity index (χ1) is 8.97. The Morgan fingerprint density at radius 1 is 1.26 bits per heavy atom. The van der Waals surface area contributed by atoms with E-state index >= 15 is 0 Å². The molecule has 1 aromatic carbocycles. The lowest BCUT2D eigenvalue weighted by Gasteiger charge is -2.08. The van der Waals surface area contributed by atoms with Crippen LogP contribution in [0.5, 0.6) is 5.75 Å². The van der Waals surface area contributed by atoms with Crippen molar-refractivity contribution in [3.8, 4) is 5.75 Å². The van der Waals surface area contributed by atoms with Crippen molar-refractivity contribution in [3.63, 3.8) is 0 Å². The number of hydrogen-bond donors (Lipinski definition) is 2. The molecule has 0 aliphatic carbocycles. The molecule has 2 N–H and O–H groups in total. The van der Waals surface area contributed by atoms with Gasteiger partial charge in [0.1, 0.15) is 11.6 Å². The number of nitrogens with one attached hydrogen (secondary N) is 1. The van der Waals surface area contributed by atoms with E-state index in [1.165, 1.54) is 6.07 Å². The molecule has 0 spiro atoms. The Morgan fingerprint density at radius 3 is 2.68 bits per heavy atom. The first-order valence-electron chi connectivity index (χ1n) is 5.40. The molecule has 0 fully saturated rings. The number of carbonyl (C=O) groups is 1. The Labute approximate surface area is 127 Å². The van der Waals surface area contributed by atoms with Crippen molar-refractivity contribution in [1.29, 1.82) is 0 Å². The topological polar surface area (TPSA) is 62.2 Å². The molecule has 2 rings (SSSR count). The number of rotatable bonds is 2. The van der Waals surface area contributed by atoms with Gasteiger partial charge in [-0.05, 0) is 53.2 Å². The highest BCUT2D eigenvalue weighted by Crippen LogP contribution is 2.23. The summed E-state index contributed by atoms with van der Waals surface area (Å²) in [5.41, 5.74) is 0.966. The molecule has 0 bridgehead atoms. The Balaban J connectivity index is 2.25. The standard InChI is InChI=1S/C13H10Br2N2O2/c1-7-10(15)3-5-12(16-7)17-13(19)9-6-8(14)2-4-11(9)18/h2-6,18H,1H3,(H,16,17,19). The van der Waals surface area contributed by atoms with Gasteiger partial charge in [-0.2, -0.15) is 0 Å². The van der Waals surface area contributed by atoms with E-state index in [1.54, 1.807) is 24.3 Å². The van der Waals surface area contributed by atoms with Crippen molar-refractivity contribution in [2.45, 2.75) is 6.92 Å². The van der Waals surface area contributed by atoms with Gasteiger partial charge in [0, 0.05) is 8.95 Å². The summed E-state index contributed by atoms with van der Waals surface area (Å²) >= 11 is 6.60. The fourth-order valence-electron chi connectivity index (χ4n) is 1.49. The summed E-state index contributed by atoms with van der Waals surface area (Å²) in [7, 11) is 0. The van der Waals surface area contributed by atoms with Crippen molar-refractivity contribution in [1.82, 2.24) is 4.98 Å². The lowest BCUT2D eigenvalue weighted by molar-refractivity contribution is 0.102. The third-order valence-electron chi connectivity index (χ3n) is 2.47. The zero-order chi connectivity index (χ0) is 14.0. The van der Waals surface area contributed by atoms with E-state index in [9.17, 15) is 9.90 Å². The van der Waals surface area contributed by atoms with Crippen LogP contribution < -0.4 is 5.32 Å². The molecule has 1 heterocycles. The summed E-state index contributed by atoms with van der Waals surface area (Å²) in [5.74, 6) is -0.0485. The average molecular weight is 386 g/mol. The molecule has 0 saturated carbocycles. The monoisotopic (exact) mass is 384 g/mol. The highest BCUT2D eigenvalue weighted by atomic mass is 79.9. The van der Waals surface area contributed by atoms with Crippen molar-refractivity contribution in [2.75, 3.05) is 5.32 Å². The van der Waals surface area contributed by atoms with Gasteiger partial charge in [-0.3, -0.25) is 4.79 Å². The van der Waals surface area contributed by atoms with Crippen LogP contribution >= 0.6 is 31.9 Å². The highest BCUT2D eigenvalue weighted by molar-refractivity contribution is 9.10. The summed E-state index contributed by atoms with van der Waals surface area (Å²) in [6, 6.07) is 8.16. The number of anilines is 1. The number of amides is 1. The van der Waals surface area contributed by atoms with Crippen LogP contribution in [0.25, 0.3) is 0 Å². The van der Waals surface area contributed by atoms with Gasteiger partial charge in [-0.15, -0.1) is 0 Å². The van der Waals surface area contributed by atoms with E-state index in [-0.39, 0.29) is 11.3 Å². The zero-order valence-electron chi connectivity index (χ0n) is 9.95. The number of aromatic nitrogens is 1. The van der Waals surface area contributed by atoms with E-state index in [2.05, 4.69) is 42.2 Å². The lowest BCUT2D eigenvalue weighted by atomic mass is 10.2. The molecular weight excluding hydrogens is 376 g/mol. The van der Waals surface area contributed by atoms with Gasteiger partial charge in [0.25, 0.3) is 5.91 Å². The van der Waals surface area contributed by atoms with Crippen LogP contribution in [-0.2, 0) is 0 Å². The molecule has 19 heavy (non-hydrogen) atoms. The molecule has 2 aromatic rings. The second-order valence-electron chi connectivity index (χ2n) is 3.88. The second kappa shape index (κ2) is 5.71. The summed E-state index contributed by atoms with van der Waals surface area (Å²) < 4.78 is 1.59. The van der Waals surface area contributed by atoms with Crippen LogP contribution in [0.1, 0.15) is 16.1 Å². The van der Waals surface area contributed by atoms with Crippen molar-refractivity contribution in [3.05, 3.63) is 50.5 Å². The predicted octanol–water partition coefficient (Wildman–Crippen LogP) is 3.87. The van der Waals surface area contributed by atoms with Crippen molar-refractivity contribution >= 4 is 43.6 Å². The molecule has 0 unspecified atom stereocenters. The van der Waals surface area contributed by atoms with Gasteiger partial charge in [0.15, 0.2) is 0 Å². The van der Waals surface area contributed by atoms with Gasteiger partial charge in [0.05, 0.1) is 11.3 Å². The van der Waals surface area contributed by atoms with E-state index in [0.717, 1.165) is 14.6 Å². The molecule has 0 radical (unpaired) electrons. The first-order valence-corrected chi connectivity index (χ1v) is 6.99. The number of hydrogen-bond acceptors (Lipinski definition) is 3. The van der Waals surface area contributed by atoms with Gasteiger partial charge in [-0.25, -0.2) is 4.98 Å². The fraction of sp³-hybridized carbons (Fsp3) is 0.0769. The van der Waals surface area contributed by atoms with Crippen LogP contribution in [0, 0.1) is 6.92 Å². The van der Waals surface area contributed by atoms with Gasteiger partial charge in [-0.1, -0.05) is 15.9 Å². The number of phenolic OH excluding ortho intramolecular Hbond substituents is 1. The summed E-state index contributed by atoms with van der Waals surface area (Å²) in [6.45, 7) is 1.83. The number of benzene rings is 1. The minimum absolute atomic E-state index is 0.0745. The SMILES string of the molecule is Cc1nc(NC(=O)c2cc(Br)ccc2O)ccc1Br. The highest BCUT2D eigenvalue weighted by Gasteiger charge is 2.12. The molecule has 0 aliphatic rings. The molecule has 6 heteroatoms. The fourth-order valence-corrected chi connectivity index (χ4v) is 2.07. The first kappa shape index (κ1) is 14.0. The largest absolute Gasteiger partial charge is 0.507 e. The lowest BCUT2D eigenvalue weighted by Crippen LogP contribution is -2.13. The maximum absolute atomic E-state index is 12.0. The van der Waals surface area contributed by atoms with Crippen LogP contribution in [0.2, 0.25) is 0 Å². The number of nitrogens with zero attached hydrogens (tertiary/aromatic N) is 1. The number of pyridine rings is 1. The molecule has 98 valence electrons. The summed E-state index contributed by atoms with van der Waals surface area (Å²) in [6.07, 6.45) is 0. The van der Waals surface area contributed by atoms with E-state index in [0.29, 0.717) is 5.82 Å². The van der Waals surface area contributed by atoms with Crippen LogP contribution in [0.3, 0.4) is 0 Å². The van der Waals surface area contributed by atoms with Crippen LogP contribution in [-0.4, -0.2) is 16.0 Å². The van der Waals surface area contributed by atoms with E-state index in [4.69, 9.17) is 0 Å². The molecule has 0 atom stereocenters. The normalized spacial score (nSPS) is 10.3. The van der Waals surface area contributed by atoms with E-state index < -0.39 is 5.91 Å². The molecule has 0 aliphatic heterocycles. The molecular formula is C13H10Br2N2O2. The smallest absolute Gasteiger partial charge is 0.260 e. The maximum Gasteiger partial charge on any atom is 0.260 e. The maximum atomic E-state index is 12.0. The predicted molar refractivity (Wildman–Crippen MR) is 80.4 cm³/mol. The summed E-state index contributed by atoms with van der Waals surface area (Å²) in [4.78, 5) is 16.3. The molecule has 0 saturated heterocycles. The second-order valence-corrected chi connectivity index (χ2v) is 5.65. The molecule has 1 aromatic heterocycles. The number of carbonyl (C=O) groups excluding carboxylic acids is 1. The molecule has 4 nitrogen and oxygen atoms in total. The van der Waals surface area contributed by atoms with Crippen molar-refractivity contribution < 1.29 is 9.90 Å². The Kier molecular flexibility index (Phi) is 4.21. The van der Waals surface area contributed by atoms with E-state index in [1.807, 2.05) is 6.92 Å². The summed E-state index contributed by atoms with van der Waals surface area (Å²) in [5, 5.41) is 12.3. The average Bonchev–Trinajstić information content (AvgIpc) is 2.36. The van der Waals surface area contributed by atoms with Gasteiger partial charge < -0.3 is 10.4 Å². The van der Waals surface area contributed by atoms with Crippen molar-refractivity contribution in [2.24, 2.45) is 0 Å². The molecule has 1 amide bonds. The Bertz CT molecular complexity index is 645. The minimum Gasteiger partial charge on any atom is -0.507 e. The number of aromatic hydroxyl groups is 1. The van der Waals surface area contributed by atoms with Gasteiger partial charge in [0.2, 0.25) is 0 Å². The van der Waals surface area contributed by atoms with Crippen LogP contribution in [0.4, 0.5) is 5.82 Å². The third kappa shape index (κ3) is 3.33. The van der Waals surface area contributed by atoms with Gasteiger partial charge >= 0.3 is 0 Å². The quantitative estimate of drug-likeness (QED) is 0.824. The van der Waals surface area contributed by atoms with Crippen LogP contribution in [0.15, 0.2) is 39.3 Å².